The first-order valence-corrected chi connectivity index (χ1v) is 6.92. The Morgan fingerprint density at radius 2 is 1.95 bits per heavy atom. The van der Waals surface area contributed by atoms with Gasteiger partial charge in [-0.25, -0.2) is 0 Å². The van der Waals surface area contributed by atoms with E-state index in [0.29, 0.717) is 5.69 Å². The second-order valence-electron chi connectivity index (χ2n) is 5.00. The highest BCUT2D eigenvalue weighted by atomic mass is 35.5. The van der Waals surface area contributed by atoms with Crippen LogP contribution >= 0.6 is 24.8 Å². The largest absolute Gasteiger partial charge is 0.506 e. The Morgan fingerprint density at radius 1 is 1.33 bits per heavy atom. The molecule has 0 bridgehead atoms. The highest BCUT2D eigenvalue weighted by molar-refractivity contribution is 5.85. The highest BCUT2D eigenvalue weighted by Crippen LogP contribution is 2.35. The molecular formula is C14H25Cl2N3O2. The Bertz CT molecular complexity index is 440. The predicted octanol–water partition coefficient (Wildman–Crippen LogP) is 1.79. The van der Waals surface area contributed by atoms with Gasteiger partial charge < -0.3 is 15.5 Å². The van der Waals surface area contributed by atoms with Crippen LogP contribution in [-0.2, 0) is 6.61 Å². The fraction of sp³-hybridized carbons (Fsp3) is 0.643. The third kappa shape index (κ3) is 4.44. The van der Waals surface area contributed by atoms with Gasteiger partial charge in [-0.3, -0.25) is 9.88 Å². The summed E-state index contributed by atoms with van der Waals surface area (Å²) in [7, 11) is 0. The first-order chi connectivity index (χ1) is 9.19. The Labute approximate surface area is 138 Å². The van der Waals surface area contributed by atoms with Gasteiger partial charge in [-0.05, 0) is 13.3 Å². The van der Waals surface area contributed by atoms with E-state index in [1.807, 2.05) is 0 Å². The summed E-state index contributed by atoms with van der Waals surface area (Å²) in [5.74, 6) is 0.233. The molecule has 0 spiro atoms. The van der Waals surface area contributed by atoms with Crippen molar-refractivity contribution in [2.24, 2.45) is 0 Å². The fourth-order valence-electron chi connectivity index (χ4n) is 2.79. The van der Waals surface area contributed by atoms with Crippen LogP contribution in [0.2, 0.25) is 0 Å². The first kappa shape index (κ1) is 20.4. The second-order valence-corrected chi connectivity index (χ2v) is 5.00. The number of nitrogens with one attached hydrogen (secondary N) is 1. The van der Waals surface area contributed by atoms with Crippen LogP contribution < -0.4 is 5.32 Å². The minimum absolute atomic E-state index is 0. The van der Waals surface area contributed by atoms with E-state index >= 15 is 0 Å². The second kappa shape index (κ2) is 9.43. The van der Waals surface area contributed by atoms with E-state index in [1.165, 1.54) is 0 Å². The van der Waals surface area contributed by atoms with Crippen molar-refractivity contribution in [2.45, 2.75) is 32.9 Å². The summed E-state index contributed by atoms with van der Waals surface area (Å²) in [6.07, 6.45) is 2.58. The van der Waals surface area contributed by atoms with Gasteiger partial charge >= 0.3 is 0 Å². The number of nitrogens with zero attached hydrogens (tertiary/aromatic N) is 2. The number of halogens is 2. The van der Waals surface area contributed by atoms with Gasteiger partial charge in [0.1, 0.15) is 5.75 Å². The summed E-state index contributed by atoms with van der Waals surface area (Å²) in [6.45, 7) is 7.69. The van der Waals surface area contributed by atoms with Crippen molar-refractivity contribution in [3.05, 3.63) is 23.0 Å². The fourth-order valence-corrected chi connectivity index (χ4v) is 2.79. The molecule has 1 saturated heterocycles. The molecule has 7 heteroatoms. The molecule has 1 fully saturated rings. The molecule has 1 atom stereocenters. The average Bonchev–Trinajstić information content (AvgIpc) is 2.45. The van der Waals surface area contributed by atoms with Crippen LogP contribution in [0, 0.1) is 6.92 Å². The SMILES string of the molecule is CC[C@@H](c1c(CO)cnc(C)c1O)N1CCNCC1.Cl.Cl. The van der Waals surface area contributed by atoms with Crippen molar-refractivity contribution in [1.82, 2.24) is 15.2 Å². The van der Waals surface area contributed by atoms with Gasteiger partial charge in [-0.2, -0.15) is 0 Å². The van der Waals surface area contributed by atoms with Gasteiger partial charge in [0.2, 0.25) is 0 Å². The van der Waals surface area contributed by atoms with Crippen LogP contribution in [0.15, 0.2) is 6.20 Å². The van der Waals surface area contributed by atoms with Gasteiger partial charge in [0.15, 0.2) is 0 Å². The average molecular weight is 338 g/mol. The van der Waals surface area contributed by atoms with E-state index in [9.17, 15) is 10.2 Å². The molecule has 0 aliphatic carbocycles. The van der Waals surface area contributed by atoms with Gasteiger partial charge in [0.05, 0.1) is 12.3 Å². The quantitative estimate of drug-likeness (QED) is 0.781. The molecule has 1 aliphatic heterocycles. The van der Waals surface area contributed by atoms with Crippen LogP contribution in [0.1, 0.15) is 36.2 Å². The van der Waals surface area contributed by atoms with Crippen molar-refractivity contribution in [3.63, 3.8) is 0 Å². The summed E-state index contributed by atoms with van der Waals surface area (Å²) in [5.41, 5.74) is 2.20. The van der Waals surface area contributed by atoms with E-state index in [2.05, 4.69) is 22.1 Å². The summed E-state index contributed by atoms with van der Waals surface area (Å²) in [6, 6.07) is 0.144. The number of aromatic nitrogens is 1. The number of aromatic hydroxyl groups is 1. The molecule has 2 heterocycles. The Morgan fingerprint density at radius 3 is 2.48 bits per heavy atom. The minimum Gasteiger partial charge on any atom is -0.506 e. The number of pyridine rings is 1. The first-order valence-electron chi connectivity index (χ1n) is 6.92. The van der Waals surface area contributed by atoms with Crippen molar-refractivity contribution >= 4 is 24.8 Å². The lowest BCUT2D eigenvalue weighted by molar-refractivity contribution is 0.163. The molecule has 0 saturated carbocycles. The zero-order chi connectivity index (χ0) is 13.8. The normalized spacial score (nSPS) is 16.7. The maximum Gasteiger partial charge on any atom is 0.141 e. The molecule has 3 N–H and O–H groups in total. The van der Waals surface area contributed by atoms with Crippen LogP contribution in [0.5, 0.6) is 5.75 Å². The maximum absolute atomic E-state index is 10.3. The number of piperazine rings is 1. The summed E-state index contributed by atoms with van der Waals surface area (Å²) >= 11 is 0. The van der Waals surface area contributed by atoms with Crippen LogP contribution in [-0.4, -0.2) is 46.3 Å². The third-order valence-electron chi connectivity index (χ3n) is 3.84. The number of rotatable bonds is 4. The molecule has 0 radical (unpaired) electrons. The number of hydrogen-bond acceptors (Lipinski definition) is 5. The van der Waals surface area contributed by atoms with Gasteiger partial charge in [0.25, 0.3) is 0 Å². The molecule has 1 aromatic rings. The van der Waals surface area contributed by atoms with Gasteiger partial charge in [-0.1, -0.05) is 6.92 Å². The topological polar surface area (TPSA) is 68.6 Å². The lowest BCUT2D eigenvalue weighted by atomic mass is 9.96. The van der Waals surface area contributed by atoms with Crippen LogP contribution in [0.25, 0.3) is 0 Å². The number of aryl methyl sites for hydroxylation is 1. The summed E-state index contributed by atoms with van der Waals surface area (Å²) < 4.78 is 0. The Hall–Kier alpha value is -0.590. The zero-order valence-corrected chi connectivity index (χ0v) is 14.1. The molecule has 5 nitrogen and oxygen atoms in total. The summed E-state index contributed by atoms with van der Waals surface area (Å²) in [5, 5.41) is 23.2. The Balaban J connectivity index is 0.00000200. The lowest BCUT2D eigenvalue weighted by Crippen LogP contribution is -2.45. The highest BCUT2D eigenvalue weighted by Gasteiger charge is 2.26. The van der Waals surface area contributed by atoms with E-state index in [1.54, 1.807) is 13.1 Å². The number of aliphatic hydroxyl groups excluding tert-OH is 1. The minimum atomic E-state index is -0.0846. The number of hydrogen-bond donors (Lipinski definition) is 3. The van der Waals surface area contributed by atoms with Crippen molar-refractivity contribution in [3.8, 4) is 5.75 Å². The van der Waals surface area contributed by atoms with Crippen LogP contribution in [0.3, 0.4) is 0 Å². The molecule has 0 aromatic carbocycles. The van der Waals surface area contributed by atoms with Gasteiger partial charge in [-0.15, -0.1) is 24.8 Å². The molecular weight excluding hydrogens is 313 g/mol. The molecule has 2 rings (SSSR count). The molecule has 1 aliphatic rings. The number of aliphatic hydroxyl groups is 1. The zero-order valence-electron chi connectivity index (χ0n) is 12.5. The maximum atomic E-state index is 10.3. The van der Waals surface area contributed by atoms with Crippen LogP contribution in [0.4, 0.5) is 0 Å². The van der Waals surface area contributed by atoms with Crippen molar-refractivity contribution < 1.29 is 10.2 Å². The van der Waals surface area contributed by atoms with Gasteiger partial charge in [0, 0.05) is 49.5 Å². The lowest BCUT2D eigenvalue weighted by Gasteiger charge is -2.35. The molecule has 122 valence electrons. The molecule has 21 heavy (non-hydrogen) atoms. The van der Waals surface area contributed by atoms with Crippen molar-refractivity contribution in [1.29, 1.82) is 0 Å². The predicted molar refractivity (Wildman–Crippen MR) is 88.5 cm³/mol. The van der Waals surface area contributed by atoms with Crippen molar-refractivity contribution in [2.75, 3.05) is 26.2 Å². The van der Waals surface area contributed by atoms with E-state index in [-0.39, 0.29) is 43.2 Å². The smallest absolute Gasteiger partial charge is 0.141 e. The standard InChI is InChI=1S/C14H23N3O2.2ClH/c1-3-12(17-6-4-15-5-7-17)13-11(9-18)8-16-10(2)14(13)19;;/h8,12,15,18-19H,3-7,9H2,1-2H3;2*1H/t12-;;/m0../s1. The Kier molecular flexibility index (Phi) is 9.17. The third-order valence-corrected chi connectivity index (χ3v) is 3.84. The van der Waals surface area contributed by atoms with E-state index < -0.39 is 0 Å². The monoisotopic (exact) mass is 337 g/mol. The molecule has 1 aromatic heterocycles. The van der Waals surface area contributed by atoms with E-state index in [0.717, 1.165) is 43.7 Å². The van der Waals surface area contributed by atoms with E-state index in [4.69, 9.17) is 0 Å². The summed E-state index contributed by atoms with van der Waals surface area (Å²) in [4.78, 5) is 6.50. The molecule has 0 amide bonds. The molecule has 0 unspecified atom stereocenters.